The molecule has 0 bridgehead atoms. The molecule has 2 aliphatic rings. The first-order valence-corrected chi connectivity index (χ1v) is 7.22. The normalized spacial score (nSPS) is 40.4. The van der Waals surface area contributed by atoms with Crippen LogP contribution in [0.4, 0.5) is 0 Å². The average molecular weight is 240 g/mol. The third-order valence-corrected chi connectivity index (χ3v) is 4.41. The summed E-state index contributed by atoms with van der Waals surface area (Å²) in [5, 5.41) is 14.2. The summed E-state index contributed by atoms with van der Waals surface area (Å²) in [7, 11) is 2.19. The van der Waals surface area contributed by atoms with Gasteiger partial charge < -0.3 is 15.3 Å². The summed E-state index contributed by atoms with van der Waals surface area (Å²) in [5.74, 6) is 0.685. The van der Waals surface area contributed by atoms with Gasteiger partial charge in [-0.3, -0.25) is 0 Å². The predicted octanol–water partition coefficient (Wildman–Crippen LogP) is 1.61. The Labute approximate surface area is 106 Å². The fourth-order valence-corrected chi connectivity index (χ4v) is 3.46. The minimum absolute atomic E-state index is 0.437. The lowest BCUT2D eigenvalue weighted by atomic mass is 9.79. The Kier molecular flexibility index (Phi) is 4.45. The molecule has 17 heavy (non-hydrogen) atoms. The lowest BCUT2D eigenvalue weighted by Gasteiger charge is -2.38. The molecule has 3 nitrogen and oxygen atoms in total. The van der Waals surface area contributed by atoms with Crippen LogP contribution in [-0.4, -0.2) is 48.3 Å². The molecule has 2 rings (SSSR count). The van der Waals surface area contributed by atoms with Crippen LogP contribution in [-0.2, 0) is 0 Å². The van der Waals surface area contributed by atoms with Crippen molar-refractivity contribution < 1.29 is 5.11 Å². The number of nitrogens with one attached hydrogen (secondary N) is 1. The van der Waals surface area contributed by atoms with E-state index in [2.05, 4.69) is 24.2 Å². The molecule has 1 aliphatic heterocycles. The Balaban J connectivity index is 1.76. The van der Waals surface area contributed by atoms with Crippen molar-refractivity contribution in [2.45, 2.75) is 57.1 Å². The zero-order valence-electron chi connectivity index (χ0n) is 11.4. The second-order valence-electron chi connectivity index (χ2n) is 6.41. The van der Waals surface area contributed by atoms with Gasteiger partial charge in [0.05, 0.1) is 5.60 Å². The maximum atomic E-state index is 10.6. The fourth-order valence-electron chi connectivity index (χ4n) is 3.46. The van der Waals surface area contributed by atoms with E-state index in [0.717, 1.165) is 25.9 Å². The zero-order valence-corrected chi connectivity index (χ0v) is 11.4. The van der Waals surface area contributed by atoms with Crippen molar-refractivity contribution in [1.29, 1.82) is 0 Å². The quantitative estimate of drug-likeness (QED) is 0.787. The second kappa shape index (κ2) is 5.68. The molecular formula is C14H28N2O. The number of rotatable bonds is 3. The Hall–Kier alpha value is -0.120. The topological polar surface area (TPSA) is 35.5 Å². The molecule has 0 aromatic heterocycles. The number of hydrogen-bond donors (Lipinski definition) is 2. The van der Waals surface area contributed by atoms with E-state index in [1.807, 2.05) is 0 Å². The summed E-state index contributed by atoms with van der Waals surface area (Å²) in [5.41, 5.74) is -0.437. The van der Waals surface area contributed by atoms with E-state index in [-0.39, 0.29) is 0 Å². The van der Waals surface area contributed by atoms with Gasteiger partial charge in [0.1, 0.15) is 0 Å². The summed E-state index contributed by atoms with van der Waals surface area (Å²) in [6.07, 6.45) is 6.97. The van der Waals surface area contributed by atoms with Crippen molar-refractivity contribution in [2.24, 2.45) is 5.92 Å². The zero-order chi connectivity index (χ0) is 12.3. The van der Waals surface area contributed by atoms with Crippen LogP contribution in [0.3, 0.4) is 0 Å². The Bertz CT molecular complexity index is 246. The molecule has 0 aromatic carbocycles. The minimum Gasteiger partial charge on any atom is -0.389 e. The summed E-state index contributed by atoms with van der Waals surface area (Å²) >= 11 is 0. The SMILES string of the molecule is CC1CCCC(O)(CNC2CCCN(C)C2)C1. The highest BCUT2D eigenvalue weighted by Gasteiger charge is 2.33. The lowest BCUT2D eigenvalue weighted by Crippen LogP contribution is -2.51. The summed E-state index contributed by atoms with van der Waals surface area (Å²) < 4.78 is 0. The van der Waals surface area contributed by atoms with E-state index in [0.29, 0.717) is 12.0 Å². The van der Waals surface area contributed by atoms with Crippen LogP contribution in [0.1, 0.15) is 45.4 Å². The highest BCUT2D eigenvalue weighted by Crippen LogP contribution is 2.31. The molecule has 1 saturated carbocycles. The van der Waals surface area contributed by atoms with Gasteiger partial charge in [0.2, 0.25) is 0 Å². The van der Waals surface area contributed by atoms with E-state index in [4.69, 9.17) is 0 Å². The van der Waals surface area contributed by atoms with Gasteiger partial charge in [-0.15, -0.1) is 0 Å². The minimum atomic E-state index is -0.437. The van der Waals surface area contributed by atoms with Gasteiger partial charge in [-0.05, 0) is 45.2 Å². The van der Waals surface area contributed by atoms with Crippen LogP contribution in [0.25, 0.3) is 0 Å². The number of nitrogens with zero attached hydrogens (tertiary/aromatic N) is 1. The molecular weight excluding hydrogens is 212 g/mol. The molecule has 3 atom stereocenters. The van der Waals surface area contributed by atoms with Crippen LogP contribution in [0.2, 0.25) is 0 Å². The van der Waals surface area contributed by atoms with E-state index in [1.54, 1.807) is 0 Å². The summed E-state index contributed by atoms with van der Waals surface area (Å²) in [6.45, 7) is 5.40. The number of aliphatic hydroxyl groups is 1. The van der Waals surface area contributed by atoms with Gasteiger partial charge in [0.15, 0.2) is 0 Å². The van der Waals surface area contributed by atoms with Gasteiger partial charge in [-0.25, -0.2) is 0 Å². The first-order valence-electron chi connectivity index (χ1n) is 7.22. The molecule has 1 saturated heterocycles. The number of likely N-dealkylation sites (tertiary alicyclic amines) is 1. The number of likely N-dealkylation sites (N-methyl/N-ethyl adjacent to an activating group) is 1. The first-order chi connectivity index (χ1) is 8.07. The van der Waals surface area contributed by atoms with Gasteiger partial charge >= 0.3 is 0 Å². The highest BCUT2D eigenvalue weighted by atomic mass is 16.3. The molecule has 3 heteroatoms. The van der Waals surface area contributed by atoms with Crippen molar-refractivity contribution in [3.8, 4) is 0 Å². The molecule has 100 valence electrons. The predicted molar refractivity (Wildman–Crippen MR) is 71.1 cm³/mol. The molecule has 2 fully saturated rings. The Morgan fingerprint density at radius 1 is 1.35 bits per heavy atom. The van der Waals surface area contributed by atoms with Gasteiger partial charge in [0.25, 0.3) is 0 Å². The maximum absolute atomic E-state index is 10.6. The average Bonchev–Trinajstić information content (AvgIpc) is 2.26. The third kappa shape index (κ3) is 3.94. The smallest absolute Gasteiger partial charge is 0.0774 e. The highest BCUT2D eigenvalue weighted by molar-refractivity contribution is 4.89. The Morgan fingerprint density at radius 2 is 2.18 bits per heavy atom. The number of hydrogen-bond acceptors (Lipinski definition) is 3. The van der Waals surface area contributed by atoms with Crippen molar-refractivity contribution in [1.82, 2.24) is 10.2 Å². The van der Waals surface area contributed by atoms with Crippen molar-refractivity contribution >= 4 is 0 Å². The van der Waals surface area contributed by atoms with Crippen LogP contribution >= 0.6 is 0 Å². The van der Waals surface area contributed by atoms with Crippen LogP contribution in [0.15, 0.2) is 0 Å². The molecule has 3 unspecified atom stereocenters. The van der Waals surface area contributed by atoms with Crippen molar-refractivity contribution in [2.75, 3.05) is 26.7 Å². The molecule has 0 spiro atoms. The summed E-state index contributed by atoms with van der Waals surface area (Å²) in [6, 6.07) is 0.579. The molecule has 2 N–H and O–H groups in total. The van der Waals surface area contributed by atoms with Gasteiger partial charge in [0, 0.05) is 19.1 Å². The van der Waals surface area contributed by atoms with Crippen LogP contribution in [0.5, 0.6) is 0 Å². The molecule has 1 heterocycles. The largest absolute Gasteiger partial charge is 0.389 e. The molecule has 0 aromatic rings. The second-order valence-corrected chi connectivity index (χ2v) is 6.41. The standard InChI is InChI=1S/C14H28N2O/c1-12-5-3-7-14(17,9-12)11-15-13-6-4-8-16(2)10-13/h12-13,15,17H,3-11H2,1-2H3. The number of piperidine rings is 1. The van der Waals surface area contributed by atoms with Gasteiger partial charge in [-0.1, -0.05) is 19.8 Å². The molecule has 0 radical (unpaired) electrons. The van der Waals surface area contributed by atoms with Gasteiger partial charge in [-0.2, -0.15) is 0 Å². The first kappa shape index (κ1) is 13.3. The Morgan fingerprint density at radius 3 is 2.88 bits per heavy atom. The van der Waals surface area contributed by atoms with E-state index < -0.39 is 5.60 Å². The van der Waals surface area contributed by atoms with E-state index >= 15 is 0 Å². The monoisotopic (exact) mass is 240 g/mol. The van der Waals surface area contributed by atoms with Crippen LogP contribution < -0.4 is 5.32 Å². The fraction of sp³-hybridized carbons (Fsp3) is 1.00. The van der Waals surface area contributed by atoms with Crippen molar-refractivity contribution in [3.63, 3.8) is 0 Å². The lowest BCUT2D eigenvalue weighted by molar-refractivity contribution is -0.0153. The van der Waals surface area contributed by atoms with Crippen molar-refractivity contribution in [3.05, 3.63) is 0 Å². The molecule has 0 amide bonds. The third-order valence-electron chi connectivity index (χ3n) is 4.41. The van der Waals surface area contributed by atoms with E-state index in [1.165, 1.54) is 32.2 Å². The summed E-state index contributed by atoms with van der Waals surface area (Å²) in [4.78, 5) is 2.38. The maximum Gasteiger partial charge on any atom is 0.0774 e. The van der Waals surface area contributed by atoms with Crippen LogP contribution in [0, 0.1) is 5.92 Å². The van der Waals surface area contributed by atoms with E-state index in [9.17, 15) is 5.11 Å². The molecule has 1 aliphatic carbocycles.